The number of hydrogen-bond donors (Lipinski definition) is 1. The predicted octanol–water partition coefficient (Wildman–Crippen LogP) is 2.53. The lowest BCUT2D eigenvalue weighted by atomic mass is 10.2. The van der Waals surface area contributed by atoms with Gasteiger partial charge < -0.3 is 15.0 Å². The molecule has 0 bridgehead atoms. The van der Waals surface area contributed by atoms with Gasteiger partial charge in [0.05, 0.1) is 12.0 Å². The smallest absolute Gasteiger partial charge is 0.317 e. The number of rotatable bonds is 5. The van der Waals surface area contributed by atoms with Crippen LogP contribution in [-0.2, 0) is 16.6 Å². The zero-order chi connectivity index (χ0) is 21.0. The summed E-state index contributed by atoms with van der Waals surface area (Å²) in [5.74, 6) is 0.720. The lowest BCUT2D eigenvalue weighted by molar-refractivity contribution is 0.172. The Balaban J connectivity index is 1.60. The van der Waals surface area contributed by atoms with Crippen molar-refractivity contribution < 1.29 is 17.9 Å². The van der Waals surface area contributed by atoms with E-state index in [1.165, 1.54) is 4.31 Å². The van der Waals surface area contributed by atoms with Crippen molar-refractivity contribution in [1.82, 2.24) is 14.5 Å². The van der Waals surface area contributed by atoms with Crippen LogP contribution in [0.1, 0.15) is 16.7 Å². The normalized spacial score (nSPS) is 15.2. The number of nitrogens with one attached hydrogen (secondary N) is 1. The third kappa shape index (κ3) is 4.71. The first-order valence-electron chi connectivity index (χ1n) is 9.55. The molecule has 8 heteroatoms. The van der Waals surface area contributed by atoms with Crippen LogP contribution in [0.25, 0.3) is 0 Å². The van der Waals surface area contributed by atoms with Crippen LogP contribution < -0.4 is 10.1 Å². The molecule has 1 heterocycles. The van der Waals surface area contributed by atoms with Gasteiger partial charge in [-0.05, 0) is 37.1 Å². The molecule has 7 nitrogen and oxygen atoms in total. The highest BCUT2D eigenvalue weighted by Gasteiger charge is 2.31. The second kappa shape index (κ2) is 8.84. The molecule has 0 spiro atoms. The molecule has 3 rings (SSSR count). The van der Waals surface area contributed by atoms with E-state index in [2.05, 4.69) is 5.32 Å². The summed E-state index contributed by atoms with van der Waals surface area (Å²) >= 11 is 0. The van der Waals surface area contributed by atoms with Gasteiger partial charge in [0, 0.05) is 38.3 Å². The molecule has 0 saturated carbocycles. The minimum absolute atomic E-state index is 0.209. The highest BCUT2D eigenvalue weighted by Crippen LogP contribution is 2.22. The maximum atomic E-state index is 13.0. The molecule has 1 saturated heterocycles. The van der Waals surface area contributed by atoms with Gasteiger partial charge in [-0.25, -0.2) is 13.2 Å². The van der Waals surface area contributed by atoms with Crippen molar-refractivity contribution in [1.29, 1.82) is 0 Å². The van der Waals surface area contributed by atoms with Gasteiger partial charge in [0.25, 0.3) is 0 Å². The largest absolute Gasteiger partial charge is 0.496 e. The number of ether oxygens (including phenoxy) is 1. The van der Waals surface area contributed by atoms with Crippen LogP contribution in [0.15, 0.2) is 47.4 Å². The Bertz CT molecular complexity index is 983. The second-order valence-corrected chi connectivity index (χ2v) is 9.04. The van der Waals surface area contributed by atoms with Crippen LogP contribution in [0.3, 0.4) is 0 Å². The zero-order valence-electron chi connectivity index (χ0n) is 17.0. The van der Waals surface area contributed by atoms with Gasteiger partial charge in [0.1, 0.15) is 5.75 Å². The Kier molecular flexibility index (Phi) is 6.44. The quantitative estimate of drug-likeness (QED) is 0.811. The summed E-state index contributed by atoms with van der Waals surface area (Å²) < 4.78 is 32.8. The van der Waals surface area contributed by atoms with Crippen molar-refractivity contribution in [3.8, 4) is 5.75 Å². The highest BCUT2D eigenvalue weighted by atomic mass is 32.2. The summed E-state index contributed by atoms with van der Waals surface area (Å²) in [6.45, 7) is 5.28. The first kappa shape index (κ1) is 21.1. The van der Waals surface area contributed by atoms with E-state index in [-0.39, 0.29) is 19.1 Å². The monoisotopic (exact) mass is 417 g/mol. The molecule has 1 aliphatic heterocycles. The number of sulfonamides is 1. The number of amides is 2. The summed E-state index contributed by atoms with van der Waals surface area (Å²) in [6, 6.07) is 12.7. The van der Waals surface area contributed by atoms with Gasteiger partial charge in [-0.1, -0.05) is 30.3 Å². The maximum absolute atomic E-state index is 13.0. The number of nitrogens with zero attached hydrogens (tertiary/aromatic N) is 2. The topological polar surface area (TPSA) is 79.0 Å². The van der Waals surface area contributed by atoms with Crippen molar-refractivity contribution in [3.63, 3.8) is 0 Å². The minimum Gasteiger partial charge on any atom is -0.496 e. The van der Waals surface area contributed by atoms with E-state index in [0.29, 0.717) is 24.5 Å². The number of carbonyl (C=O) groups excluding carboxylic acids is 1. The molecule has 0 aliphatic carbocycles. The maximum Gasteiger partial charge on any atom is 0.317 e. The second-order valence-electron chi connectivity index (χ2n) is 7.13. The molecule has 0 atom stereocenters. The molecule has 1 N–H and O–H groups in total. The first-order valence-corrected chi connectivity index (χ1v) is 11.0. The number of aryl methyl sites for hydroxylation is 2. The molecule has 29 heavy (non-hydrogen) atoms. The summed E-state index contributed by atoms with van der Waals surface area (Å²) in [5.41, 5.74) is 2.52. The van der Waals surface area contributed by atoms with Gasteiger partial charge in [-0.3, -0.25) is 0 Å². The van der Waals surface area contributed by atoms with E-state index in [0.717, 1.165) is 22.4 Å². The van der Waals surface area contributed by atoms with Crippen LogP contribution >= 0.6 is 0 Å². The van der Waals surface area contributed by atoms with Crippen LogP contribution in [0, 0.1) is 13.8 Å². The standard InChI is InChI=1S/C21H27N3O4S/c1-16-8-9-17(2)20(14-16)29(26,27)24-12-10-23(11-13-24)21(25)22-15-18-6-4-5-7-19(18)28-3/h4-9,14H,10-13,15H2,1-3H3,(H,22,25). The van der Waals surface area contributed by atoms with Gasteiger partial charge in [-0.15, -0.1) is 0 Å². The zero-order valence-corrected chi connectivity index (χ0v) is 17.8. The van der Waals surface area contributed by atoms with Crippen molar-refractivity contribution in [3.05, 3.63) is 59.2 Å². The first-order chi connectivity index (χ1) is 13.8. The van der Waals surface area contributed by atoms with Crippen molar-refractivity contribution in [2.45, 2.75) is 25.3 Å². The van der Waals surface area contributed by atoms with E-state index in [4.69, 9.17) is 4.74 Å². The van der Waals surface area contributed by atoms with E-state index >= 15 is 0 Å². The summed E-state index contributed by atoms with van der Waals surface area (Å²) in [7, 11) is -1.98. The number of para-hydroxylation sites is 1. The van der Waals surface area contributed by atoms with Gasteiger partial charge in [0.15, 0.2) is 0 Å². The average Bonchev–Trinajstić information content (AvgIpc) is 2.73. The highest BCUT2D eigenvalue weighted by molar-refractivity contribution is 7.89. The Morgan fingerprint density at radius 3 is 2.45 bits per heavy atom. The Morgan fingerprint density at radius 2 is 1.76 bits per heavy atom. The molecule has 0 radical (unpaired) electrons. The fourth-order valence-electron chi connectivity index (χ4n) is 3.39. The van der Waals surface area contributed by atoms with Crippen LogP contribution in [-0.4, -0.2) is 56.9 Å². The SMILES string of the molecule is COc1ccccc1CNC(=O)N1CCN(S(=O)(=O)c2cc(C)ccc2C)CC1. The predicted molar refractivity (Wildman–Crippen MR) is 111 cm³/mol. The number of benzene rings is 2. The van der Waals surface area contributed by atoms with Crippen molar-refractivity contribution in [2.24, 2.45) is 0 Å². The number of methoxy groups -OCH3 is 1. The molecule has 0 unspecified atom stereocenters. The van der Waals surface area contributed by atoms with Crippen LogP contribution in [0.4, 0.5) is 4.79 Å². The fraction of sp³-hybridized carbons (Fsp3) is 0.381. The lowest BCUT2D eigenvalue weighted by Crippen LogP contribution is -2.53. The van der Waals surface area contributed by atoms with Crippen LogP contribution in [0.2, 0.25) is 0 Å². The molecule has 2 aromatic rings. The molecular weight excluding hydrogens is 390 g/mol. The number of urea groups is 1. The summed E-state index contributed by atoms with van der Waals surface area (Å²) in [4.78, 5) is 14.5. The molecule has 1 fully saturated rings. The number of piperazine rings is 1. The molecule has 2 aromatic carbocycles. The Hall–Kier alpha value is -2.58. The van der Waals surface area contributed by atoms with E-state index in [1.807, 2.05) is 43.3 Å². The molecule has 2 amide bonds. The van der Waals surface area contributed by atoms with Crippen molar-refractivity contribution in [2.75, 3.05) is 33.3 Å². The number of hydrogen-bond acceptors (Lipinski definition) is 4. The molecule has 0 aromatic heterocycles. The molecule has 156 valence electrons. The third-order valence-corrected chi connectivity index (χ3v) is 7.15. The van der Waals surface area contributed by atoms with Gasteiger partial charge in [0.2, 0.25) is 10.0 Å². The average molecular weight is 418 g/mol. The fourth-order valence-corrected chi connectivity index (χ4v) is 5.12. The Morgan fingerprint density at radius 1 is 1.07 bits per heavy atom. The van der Waals surface area contributed by atoms with E-state index < -0.39 is 10.0 Å². The van der Waals surface area contributed by atoms with Crippen LogP contribution in [0.5, 0.6) is 5.75 Å². The summed E-state index contributed by atoms with van der Waals surface area (Å²) in [6.07, 6.45) is 0. The minimum atomic E-state index is -3.57. The Labute approximate surface area is 172 Å². The lowest BCUT2D eigenvalue weighted by Gasteiger charge is -2.34. The molecule has 1 aliphatic rings. The summed E-state index contributed by atoms with van der Waals surface area (Å²) in [5, 5.41) is 2.88. The molecular formula is C21H27N3O4S. The number of carbonyl (C=O) groups is 1. The van der Waals surface area contributed by atoms with Gasteiger partial charge >= 0.3 is 6.03 Å². The van der Waals surface area contributed by atoms with Gasteiger partial charge in [-0.2, -0.15) is 4.31 Å². The van der Waals surface area contributed by atoms with E-state index in [9.17, 15) is 13.2 Å². The van der Waals surface area contributed by atoms with Crippen molar-refractivity contribution >= 4 is 16.1 Å². The third-order valence-electron chi connectivity index (χ3n) is 5.11. The van der Waals surface area contributed by atoms with E-state index in [1.54, 1.807) is 25.0 Å².